The van der Waals surface area contributed by atoms with Crippen molar-refractivity contribution in [1.82, 2.24) is 4.90 Å². The average molecular weight is 304 g/mol. The van der Waals surface area contributed by atoms with Crippen molar-refractivity contribution in [2.45, 2.75) is 31.5 Å². The van der Waals surface area contributed by atoms with Crippen LogP contribution in [0.25, 0.3) is 0 Å². The maximum absolute atomic E-state index is 13.0. The Kier molecular flexibility index (Phi) is 2.67. The minimum atomic E-state index is -0.766. The molecule has 3 aliphatic rings. The summed E-state index contributed by atoms with van der Waals surface area (Å²) in [7, 11) is 3.21. The van der Waals surface area contributed by atoms with Gasteiger partial charge < -0.3 is 24.7 Å². The molecule has 1 aliphatic carbocycles. The number of aliphatic hydroxyl groups is 1. The highest BCUT2D eigenvalue weighted by Gasteiger charge is 2.56. The summed E-state index contributed by atoms with van der Waals surface area (Å²) in [4.78, 5) is 16.4. The summed E-state index contributed by atoms with van der Waals surface area (Å²) in [5.74, 6) is 0.146. The summed E-state index contributed by atoms with van der Waals surface area (Å²) in [6, 6.07) is 2.86. The number of aliphatic hydroxyl groups excluding tert-OH is 1. The number of phenolic OH excluding ortho intramolecular Hbond substituents is 1. The van der Waals surface area contributed by atoms with E-state index in [-0.39, 0.29) is 28.9 Å². The summed E-state index contributed by atoms with van der Waals surface area (Å²) in [5, 5.41) is 20.7. The van der Waals surface area contributed by atoms with E-state index in [9.17, 15) is 15.0 Å². The third kappa shape index (κ3) is 1.73. The van der Waals surface area contributed by atoms with Crippen molar-refractivity contribution >= 4 is 11.6 Å². The van der Waals surface area contributed by atoms with Gasteiger partial charge in [0.15, 0.2) is 11.5 Å². The number of fused-ring (bicyclic) bond motifs is 2. The van der Waals surface area contributed by atoms with Gasteiger partial charge in [-0.2, -0.15) is 0 Å². The van der Waals surface area contributed by atoms with Crippen LogP contribution in [0, 0.1) is 5.41 Å². The van der Waals surface area contributed by atoms with Gasteiger partial charge in [-0.25, -0.2) is 0 Å². The van der Waals surface area contributed by atoms with E-state index in [0.717, 1.165) is 19.3 Å². The van der Waals surface area contributed by atoms with Gasteiger partial charge in [0.25, 0.3) is 5.91 Å². The zero-order valence-corrected chi connectivity index (χ0v) is 12.7. The SMILES string of the molecule is COc1cc2c(cc1O)N(C)[C@@H](O)C1CC3(CC3)CN1C2=O. The van der Waals surface area contributed by atoms with E-state index in [4.69, 9.17) is 4.74 Å². The Balaban J connectivity index is 1.84. The Hall–Kier alpha value is -1.95. The largest absolute Gasteiger partial charge is 0.504 e. The van der Waals surface area contributed by atoms with E-state index >= 15 is 0 Å². The van der Waals surface area contributed by atoms with Gasteiger partial charge in [0, 0.05) is 19.7 Å². The lowest BCUT2D eigenvalue weighted by molar-refractivity contribution is 0.0526. The number of methoxy groups -OCH3 is 1. The molecule has 2 N–H and O–H groups in total. The van der Waals surface area contributed by atoms with Gasteiger partial charge in [-0.3, -0.25) is 4.79 Å². The summed E-state index contributed by atoms with van der Waals surface area (Å²) in [5.41, 5.74) is 1.23. The van der Waals surface area contributed by atoms with E-state index in [0.29, 0.717) is 17.8 Å². The number of amides is 1. The molecule has 2 fully saturated rings. The lowest BCUT2D eigenvalue weighted by Crippen LogP contribution is -2.47. The maximum Gasteiger partial charge on any atom is 0.256 e. The summed E-state index contributed by atoms with van der Waals surface area (Å²) in [6.07, 6.45) is 2.35. The molecule has 22 heavy (non-hydrogen) atoms. The third-order valence-corrected chi connectivity index (χ3v) is 5.41. The highest BCUT2D eigenvalue weighted by Crippen LogP contribution is 2.56. The van der Waals surface area contributed by atoms with Crippen LogP contribution in [0.3, 0.4) is 0 Å². The second kappa shape index (κ2) is 4.29. The Morgan fingerprint density at radius 3 is 2.73 bits per heavy atom. The molecule has 1 aromatic rings. The molecule has 1 aromatic carbocycles. The number of carbonyl (C=O) groups excluding carboxylic acids is 1. The van der Waals surface area contributed by atoms with Crippen molar-refractivity contribution in [3.8, 4) is 11.5 Å². The highest BCUT2D eigenvalue weighted by molar-refractivity contribution is 6.02. The molecular weight excluding hydrogens is 284 g/mol. The number of anilines is 1. The molecule has 6 nitrogen and oxygen atoms in total. The van der Waals surface area contributed by atoms with Gasteiger partial charge in [-0.1, -0.05) is 0 Å². The minimum absolute atomic E-state index is 0.0335. The molecule has 2 aliphatic heterocycles. The monoisotopic (exact) mass is 304 g/mol. The van der Waals surface area contributed by atoms with E-state index in [1.807, 2.05) is 0 Å². The average Bonchev–Trinajstić information content (AvgIpc) is 3.16. The maximum atomic E-state index is 13.0. The van der Waals surface area contributed by atoms with E-state index in [2.05, 4.69) is 0 Å². The van der Waals surface area contributed by atoms with Crippen LogP contribution in [-0.2, 0) is 0 Å². The van der Waals surface area contributed by atoms with Gasteiger partial charge in [-0.05, 0) is 30.7 Å². The molecule has 0 radical (unpaired) electrons. The summed E-state index contributed by atoms with van der Waals surface area (Å²) >= 11 is 0. The first-order chi connectivity index (χ1) is 10.5. The van der Waals surface area contributed by atoms with Crippen LogP contribution in [0.5, 0.6) is 11.5 Å². The van der Waals surface area contributed by atoms with E-state index in [1.54, 1.807) is 22.9 Å². The van der Waals surface area contributed by atoms with E-state index < -0.39 is 6.23 Å². The second-order valence-electron chi connectivity index (χ2n) is 6.77. The molecule has 2 atom stereocenters. The molecule has 1 amide bonds. The Labute approximate surface area is 128 Å². The first-order valence-electron chi connectivity index (χ1n) is 7.59. The Bertz CT molecular complexity index is 656. The quantitative estimate of drug-likeness (QED) is 0.814. The fourth-order valence-electron chi connectivity index (χ4n) is 3.86. The fourth-order valence-corrected chi connectivity index (χ4v) is 3.86. The molecule has 1 saturated heterocycles. The van der Waals surface area contributed by atoms with Crippen LogP contribution >= 0.6 is 0 Å². The first-order valence-corrected chi connectivity index (χ1v) is 7.59. The van der Waals surface area contributed by atoms with Crippen molar-refractivity contribution in [2.75, 3.05) is 25.6 Å². The van der Waals surface area contributed by atoms with Gasteiger partial charge in [0.1, 0.15) is 6.23 Å². The van der Waals surface area contributed by atoms with Crippen LogP contribution in [0.2, 0.25) is 0 Å². The van der Waals surface area contributed by atoms with Crippen LogP contribution in [0.4, 0.5) is 5.69 Å². The molecule has 0 bridgehead atoms. The van der Waals surface area contributed by atoms with Crippen molar-refractivity contribution in [1.29, 1.82) is 0 Å². The number of benzene rings is 1. The summed E-state index contributed by atoms with van der Waals surface area (Å²) in [6.45, 7) is 0.712. The second-order valence-corrected chi connectivity index (χ2v) is 6.77. The third-order valence-electron chi connectivity index (χ3n) is 5.41. The smallest absolute Gasteiger partial charge is 0.256 e. The molecule has 0 aromatic heterocycles. The zero-order chi connectivity index (χ0) is 15.6. The van der Waals surface area contributed by atoms with E-state index in [1.165, 1.54) is 13.2 Å². The molecule has 4 rings (SSSR count). The molecule has 2 heterocycles. The number of phenols is 1. The molecule has 1 unspecified atom stereocenters. The summed E-state index contributed by atoms with van der Waals surface area (Å²) < 4.78 is 5.13. The number of hydrogen-bond donors (Lipinski definition) is 2. The molecular formula is C16H20N2O4. The van der Waals surface area contributed by atoms with Gasteiger partial charge in [0.05, 0.1) is 24.4 Å². The highest BCUT2D eigenvalue weighted by atomic mass is 16.5. The van der Waals surface area contributed by atoms with Crippen molar-refractivity contribution in [2.24, 2.45) is 5.41 Å². The van der Waals surface area contributed by atoms with Gasteiger partial charge >= 0.3 is 0 Å². The van der Waals surface area contributed by atoms with Crippen molar-refractivity contribution in [3.05, 3.63) is 17.7 Å². The number of aromatic hydroxyl groups is 1. The first kappa shape index (κ1) is 13.7. The number of likely N-dealkylation sites (N-methyl/N-ethyl adjacent to an activating group) is 1. The molecule has 6 heteroatoms. The number of ether oxygens (including phenoxy) is 1. The Morgan fingerprint density at radius 2 is 2.09 bits per heavy atom. The minimum Gasteiger partial charge on any atom is -0.504 e. The van der Waals surface area contributed by atoms with Crippen LogP contribution in [-0.4, -0.2) is 54.0 Å². The van der Waals surface area contributed by atoms with Crippen LogP contribution in [0.1, 0.15) is 29.6 Å². The van der Waals surface area contributed by atoms with Gasteiger partial charge in [0.2, 0.25) is 0 Å². The molecule has 1 saturated carbocycles. The number of nitrogens with zero attached hydrogens (tertiary/aromatic N) is 2. The predicted octanol–water partition coefficient (Wildman–Crippen LogP) is 1.16. The lowest BCUT2D eigenvalue weighted by atomic mass is 10.0. The number of carbonyl (C=O) groups is 1. The zero-order valence-electron chi connectivity index (χ0n) is 12.7. The molecule has 118 valence electrons. The van der Waals surface area contributed by atoms with Crippen LogP contribution < -0.4 is 9.64 Å². The standard InChI is InChI=1S/C16H20N2O4/c1-17-10-6-12(19)13(22-2)5-9(10)14(20)18-8-16(3-4-16)7-11(18)15(17)21/h5-6,11,15,19,21H,3-4,7-8H2,1-2H3/t11?,15-/m0/s1. The number of hydrogen-bond acceptors (Lipinski definition) is 5. The van der Waals surface area contributed by atoms with Gasteiger partial charge in [-0.15, -0.1) is 0 Å². The topological polar surface area (TPSA) is 73.2 Å². The van der Waals surface area contributed by atoms with Crippen LogP contribution in [0.15, 0.2) is 12.1 Å². The van der Waals surface area contributed by atoms with Crippen molar-refractivity contribution in [3.63, 3.8) is 0 Å². The van der Waals surface area contributed by atoms with Crippen molar-refractivity contribution < 1.29 is 19.7 Å². The molecule has 1 spiro atoms. The number of rotatable bonds is 1. The fraction of sp³-hybridized carbons (Fsp3) is 0.562. The predicted molar refractivity (Wildman–Crippen MR) is 80.2 cm³/mol. The lowest BCUT2D eigenvalue weighted by Gasteiger charge is -2.30. The Morgan fingerprint density at radius 1 is 1.36 bits per heavy atom. The normalized spacial score (nSPS) is 28.4.